The highest BCUT2D eigenvalue weighted by Crippen LogP contribution is 2.19. The third-order valence-electron chi connectivity index (χ3n) is 4.71. The molecule has 0 aromatic heterocycles. The molecule has 0 radical (unpaired) electrons. The Morgan fingerprint density at radius 1 is 1.15 bits per heavy atom. The van der Waals surface area contributed by atoms with Gasteiger partial charge in [0, 0.05) is 5.56 Å². The Labute approximate surface area is 160 Å². The molecule has 0 unspecified atom stereocenters. The molecular formula is C20H24N3O3S+. The minimum atomic E-state index is -3.48. The molecular weight excluding hydrogens is 362 g/mol. The first-order chi connectivity index (χ1) is 13.0. The van der Waals surface area contributed by atoms with E-state index in [4.69, 9.17) is 10.00 Å². The van der Waals surface area contributed by atoms with Crippen LogP contribution in [0.15, 0.2) is 53.4 Å². The lowest BCUT2D eigenvalue weighted by molar-refractivity contribution is -0.917. The van der Waals surface area contributed by atoms with Gasteiger partial charge in [-0.1, -0.05) is 12.1 Å². The molecule has 6 nitrogen and oxygen atoms in total. The van der Waals surface area contributed by atoms with Crippen molar-refractivity contribution in [3.63, 3.8) is 0 Å². The van der Waals surface area contributed by atoms with Gasteiger partial charge in [0.2, 0.25) is 10.0 Å². The minimum absolute atomic E-state index is 0.302. The van der Waals surface area contributed by atoms with Gasteiger partial charge in [-0.15, -0.1) is 0 Å². The molecule has 0 aliphatic carbocycles. The quantitative estimate of drug-likeness (QED) is 0.805. The molecule has 1 heterocycles. The number of sulfonamides is 1. The maximum Gasteiger partial charge on any atom is 0.243 e. The number of rotatable bonds is 6. The van der Waals surface area contributed by atoms with Gasteiger partial charge < -0.3 is 9.64 Å². The maximum atomic E-state index is 12.8. The number of quaternary nitrogens is 1. The van der Waals surface area contributed by atoms with Gasteiger partial charge in [0.05, 0.1) is 49.3 Å². The normalized spacial score (nSPS) is 16.0. The maximum absolute atomic E-state index is 12.8. The highest BCUT2D eigenvalue weighted by Gasteiger charge is 2.30. The van der Waals surface area contributed by atoms with Crippen molar-refractivity contribution in [3.8, 4) is 11.8 Å². The Kier molecular flexibility index (Phi) is 6.11. The second-order valence-corrected chi connectivity index (χ2v) is 8.49. The first-order valence-electron chi connectivity index (χ1n) is 9.08. The van der Waals surface area contributed by atoms with Crippen LogP contribution in [0.25, 0.3) is 0 Å². The molecule has 0 atom stereocenters. The summed E-state index contributed by atoms with van der Waals surface area (Å²) in [5.41, 5.74) is 1.76. The molecule has 142 valence electrons. The minimum Gasteiger partial charge on any atom is -0.494 e. The average Bonchev–Trinajstić information content (AvgIpc) is 2.69. The van der Waals surface area contributed by atoms with E-state index < -0.39 is 10.0 Å². The van der Waals surface area contributed by atoms with Crippen molar-refractivity contribution < 1.29 is 18.1 Å². The first kappa shape index (κ1) is 19.4. The number of hydrogen-bond acceptors (Lipinski definition) is 4. The van der Waals surface area contributed by atoms with E-state index in [1.807, 2.05) is 25.1 Å². The third kappa shape index (κ3) is 4.66. The van der Waals surface area contributed by atoms with Crippen molar-refractivity contribution in [2.45, 2.75) is 18.4 Å². The van der Waals surface area contributed by atoms with Gasteiger partial charge in [-0.05, 0) is 43.3 Å². The van der Waals surface area contributed by atoms with Crippen LogP contribution in [0.3, 0.4) is 0 Å². The molecule has 1 aliphatic rings. The molecule has 0 amide bonds. The molecule has 0 spiro atoms. The molecule has 27 heavy (non-hydrogen) atoms. The molecule has 1 aliphatic heterocycles. The number of nitriles is 1. The zero-order valence-corrected chi connectivity index (χ0v) is 16.2. The summed E-state index contributed by atoms with van der Waals surface area (Å²) in [4.78, 5) is 1.62. The summed E-state index contributed by atoms with van der Waals surface area (Å²) in [6.07, 6.45) is 0. The second kappa shape index (κ2) is 8.53. The van der Waals surface area contributed by atoms with Gasteiger partial charge in [-0.3, -0.25) is 0 Å². The SMILES string of the molecule is CCOc1ccc(S(=O)(=O)N2CC[NH+](Cc3cccc(C#N)c3)CC2)cc1. The molecule has 1 saturated heterocycles. The van der Waals surface area contributed by atoms with Crippen LogP contribution in [-0.4, -0.2) is 45.5 Å². The lowest BCUT2D eigenvalue weighted by Crippen LogP contribution is -3.13. The largest absolute Gasteiger partial charge is 0.494 e. The highest BCUT2D eigenvalue weighted by molar-refractivity contribution is 7.89. The van der Waals surface area contributed by atoms with Crippen molar-refractivity contribution in [2.24, 2.45) is 0 Å². The summed E-state index contributed by atoms with van der Waals surface area (Å²) in [6, 6.07) is 16.3. The molecule has 0 saturated carbocycles. The van der Waals surface area contributed by atoms with Crippen LogP contribution in [0, 0.1) is 11.3 Å². The monoisotopic (exact) mass is 386 g/mol. The number of benzene rings is 2. The molecule has 3 rings (SSSR count). The van der Waals surface area contributed by atoms with E-state index in [0.717, 1.165) is 25.2 Å². The molecule has 1 N–H and O–H groups in total. The van der Waals surface area contributed by atoms with Crippen LogP contribution in [0.1, 0.15) is 18.1 Å². The number of piperazine rings is 1. The van der Waals surface area contributed by atoms with Crippen molar-refractivity contribution in [1.82, 2.24) is 4.31 Å². The van der Waals surface area contributed by atoms with Crippen molar-refractivity contribution in [1.29, 1.82) is 5.26 Å². The van der Waals surface area contributed by atoms with E-state index >= 15 is 0 Å². The van der Waals surface area contributed by atoms with E-state index in [2.05, 4.69) is 6.07 Å². The fourth-order valence-electron chi connectivity index (χ4n) is 3.28. The fraction of sp³-hybridized carbons (Fsp3) is 0.350. The predicted molar refractivity (Wildman–Crippen MR) is 102 cm³/mol. The van der Waals surface area contributed by atoms with Gasteiger partial charge >= 0.3 is 0 Å². The van der Waals surface area contributed by atoms with Crippen LogP contribution >= 0.6 is 0 Å². The Bertz CT molecular complexity index is 912. The smallest absolute Gasteiger partial charge is 0.243 e. The van der Waals surface area contributed by atoms with Crippen molar-refractivity contribution >= 4 is 10.0 Å². The fourth-order valence-corrected chi connectivity index (χ4v) is 4.72. The highest BCUT2D eigenvalue weighted by atomic mass is 32.2. The van der Waals surface area contributed by atoms with Crippen LogP contribution in [0.4, 0.5) is 0 Å². The van der Waals surface area contributed by atoms with Gasteiger partial charge in [-0.25, -0.2) is 8.42 Å². The Hall–Kier alpha value is -2.40. The second-order valence-electron chi connectivity index (χ2n) is 6.55. The van der Waals surface area contributed by atoms with E-state index in [1.54, 1.807) is 34.6 Å². The van der Waals surface area contributed by atoms with Gasteiger partial charge in [0.1, 0.15) is 12.3 Å². The lowest BCUT2D eigenvalue weighted by Gasteiger charge is -2.31. The number of ether oxygens (including phenoxy) is 1. The third-order valence-corrected chi connectivity index (χ3v) is 6.63. The first-order valence-corrected chi connectivity index (χ1v) is 10.5. The zero-order valence-electron chi connectivity index (χ0n) is 15.4. The molecule has 2 aromatic rings. The van der Waals surface area contributed by atoms with Gasteiger partial charge in [-0.2, -0.15) is 9.57 Å². The van der Waals surface area contributed by atoms with E-state index in [0.29, 0.717) is 35.9 Å². The lowest BCUT2D eigenvalue weighted by atomic mass is 10.1. The van der Waals surface area contributed by atoms with Crippen LogP contribution in [0.5, 0.6) is 5.75 Å². The van der Waals surface area contributed by atoms with Crippen molar-refractivity contribution in [2.75, 3.05) is 32.8 Å². The summed E-state index contributed by atoms with van der Waals surface area (Å²) >= 11 is 0. The van der Waals surface area contributed by atoms with E-state index in [-0.39, 0.29) is 0 Å². The van der Waals surface area contributed by atoms with Crippen LogP contribution in [-0.2, 0) is 16.6 Å². The molecule has 7 heteroatoms. The van der Waals surface area contributed by atoms with Crippen LogP contribution in [0.2, 0.25) is 0 Å². The van der Waals surface area contributed by atoms with Gasteiger partial charge in [0.15, 0.2) is 0 Å². The summed E-state index contributed by atoms with van der Waals surface area (Å²) in [6.45, 7) is 5.70. The Morgan fingerprint density at radius 3 is 2.48 bits per heavy atom. The average molecular weight is 386 g/mol. The number of nitrogens with one attached hydrogen (secondary N) is 1. The molecule has 0 bridgehead atoms. The Balaban J connectivity index is 1.61. The van der Waals surface area contributed by atoms with Crippen LogP contribution < -0.4 is 9.64 Å². The van der Waals surface area contributed by atoms with E-state index in [9.17, 15) is 8.42 Å². The number of hydrogen-bond donors (Lipinski definition) is 1. The summed E-state index contributed by atoms with van der Waals surface area (Å²) < 4.78 is 32.6. The van der Waals surface area contributed by atoms with Gasteiger partial charge in [0.25, 0.3) is 0 Å². The van der Waals surface area contributed by atoms with Crippen molar-refractivity contribution in [3.05, 3.63) is 59.7 Å². The standard InChI is InChI=1S/C20H23N3O3S/c1-2-26-19-6-8-20(9-7-19)27(24,25)23-12-10-22(11-13-23)16-18-5-3-4-17(14-18)15-21/h3-9,14H,2,10-13,16H2,1H3/p+1. The van der Waals surface area contributed by atoms with E-state index in [1.165, 1.54) is 4.90 Å². The summed E-state index contributed by atoms with van der Waals surface area (Å²) in [5.74, 6) is 0.672. The predicted octanol–water partition coefficient (Wildman–Crippen LogP) is 1.05. The Morgan fingerprint density at radius 2 is 1.85 bits per heavy atom. The topological polar surface area (TPSA) is 74.8 Å². The molecule has 1 fully saturated rings. The zero-order chi connectivity index (χ0) is 19.3. The number of nitrogens with zero attached hydrogens (tertiary/aromatic N) is 2. The summed E-state index contributed by atoms with van der Waals surface area (Å²) in [5, 5.41) is 9.01. The molecule has 2 aromatic carbocycles. The summed E-state index contributed by atoms with van der Waals surface area (Å²) in [7, 11) is -3.48.